The molecule has 0 N–H and O–H groups in total. The summed E-state index contributed by atoms with van der Waals surface area (Å²) in [7, 11) is 3.49. The largest absolute Gasteiger partial charge is 0.497 e. The lowest BCUT2D eigenvalue weighted by Crippen LogP contribution is -2.48. The molecule has 4 heterocycles. The van der Waals surface area contributed by atoms with Crippen LogP contribution in [0.3, 0.4) is 0 Å². The third-order valence-electron chi connectivity index (χ3n) is 21.0. The first-order chi connectivity index (χ1) is 43.5. The Hall–Kier alpha value is -5.93. The summed E-state index contributed by atoms with van der Waals surface area (Å²) in [6.07, 6.45) is 28.0. The molecule has 8 unspecified atom stereocenters. The average Bonchev–Trinajstić information content (AvgIpc) is 2.43. The minimum Gasteiger partial charge on any atom is -0.497 e. The number of piperazine rings is 4. The molecule has 0 aromatic heterocycles. The first-order valence-corrected chi connectivity index (χ1v) is 34.3. The van der Waals surface area contributed by atoms with E-state index in [9.17, 15) is 13.2 Å². The number of fused-ring (bicyclic) bond motifs is 4. The molecule has 14 rings (SSSR count). The molecular formula is C75H103F3N8O3. The highest BCUT2D eigenvalue weighted by Crippen LogP contribution is 2.45. The Morgan fingerprint density at radius 3 is 1.31 bits per heavy atom. The zero-order valence-electron chi connectivity index (χ0n) is 53.8. The number of rotatable bonds is 16. The van der Waals surface area contributed by atoms with Crippen LogP contribution in [-0.2, 0) is 6.18 Å². The molecule has 4 bridgehead atoms. The summed E-state index contributed by atoms with van der Waals surface area (Å²) in [6.45, 7) is 25.0. The van der Waals surface area contributed by atoms with Gasteiger partial charge in [-0.15, -0.1) is 0 Å². The predicted octanol–water partition coefficient (Wildman–Crippen LogP) is 13.8. The normalized spacial score (nSPS) is 26.9. The van der Waals surface area contributed by atoms with Gasteiger partial charge >= 0.3 is 6.18 Å². The minimum absolute atomic E-state index is 0.563. The first kappa shape index (κ1) is 64.6. The lowest BCUT2D eigenvalue weighted by atomic mass is 9.93. The first-order valence-electron chi connectivity index (χ1n) is 34.3. The zero-order chi connectivity index (χ0) is 61.4. The van der Waals surface area contributed by atoms with E-state index in [1.165, 1.54) is 133 Å². The fraction of sp³-hybridized carbons (Fsp3) is 0.573. The van der Waals surface area contributed by atoms with Gasteiger partial charge in [-0.3, -0.25) is 19.6 Å². The van der Waals surface area contributed by atoms with Crippen LogP contribution in [-0.4, -0.2) is 171 Å². The molecule has 482 valence electrons. The number of methoxy groups -OCH3 is 2. The van der Waals surface area contributed by atoms with E-state index in [0.717, 1.165) is 169 Å². The van der Waals surface area contributed by atoms with E-state index in [1.54, 1.807) is 20.3 Å². The van der Waals surface area contributed by atoms with Crippen molar-refractivity contribution in [2.75, 3.05) is 171 Å². The summed E-state index contributed by atoms with van der Waals surface area (Å²) in [6, 6.07) is 30.9. The molecular weight excluding hydrogens is 1120 g/mol. The highest BCUT2D eigenvalue weighted by Gasteiger charge is 2.38. The molecule has 89 heavy (non-hydrogen) atoms. The molecule has 14 heteroatoms. The monoisotopic (exact) mass is 1220 g/mol. The molecule has 0 amide bonds. The van der Waals surface area contributed by atoms with Gasteiger partial charge in [-0.05, 0) is 173 Å². The van der Waals surface area contributed by atoms with Crippen LogP contribution in [0.15, 0.2) is 146 Å². The molecule has 8 atom stereocenters. The second-order valence-electron chi connectivity index (χ2n) is 26.9. The van der Waals surface area contributed by atoms with Crippen molar-refractivity contribution in [2.24, 2.45) is 47.3 Å². The Morgan fingerprint density at radius 2 is 0.888 bits per heavy atom. The lowest BCUT2D eigenvalue weighted by molar-refractivity contribution is -0.137. The number of alkyl halides is 3. The fourth-order valence-corrected chi connectivity index (χ4v) is 15.9. The fourth-order valence-electron chi connectivity index (χ4n) is 15.9. The Kier molecular flexibility index (Phi) is 23.1. The van der Waals surface area contributed by atoms with Gasteiger partial charge in [0.05, 0.1) is 37.8 Å². The number of ether oxygens (including phenoxy) is 3. The summed E-state index contributed by atoms with van der Waals surface area (Å²) in [5, 5.41) is 0. The standard InChI is InChI=1S/C20H28N2O.C19H26N2O.C18H23F3N2.C18H26N2O/c1-2-23-20-6-4-3-5-19(20)22-11-9-21(10-12-22)15-18-14-16-7-8-17(18)13-16;1-22-19-4-2-3-18(13-19)21-9-7-20(8-10-21)14-17-12-15-5-6-16(17)11-15;19-18(20,21)16-7-4-8-17(13-16)23-11-9-22(10-12-23)14-15-5-2-1-3-6-15;1-21-18-10-6-5-9-17(18)20-13-11-19(12-14-20)15-16-7-3-2-4-8-16/h3-8,16-18H,2,9-15H2,1H3;2-6,13,15-17H,7-12,14H2,1H3;1-2,4,7-8,13,15H,3,5-6,9-12,14H2;2-3,5-6,9-10,16H,4,7-8,11-15H2,1H3. The molecule has 2 saturated carbocycles. The summed E-state index contributed by atoms with van der Waals surface area (Å²) in [5.74, 6) is 9.94. The van der Waals surface area contributed by atoms with Crippen LogP contribution in [0.2, 0.25) is 0 Å². The molecule has 6 fully saturated rings. The average molecular weight is 1220 g/mol. The summed E-state index contributed by atoms with van der Waals surface area (Å²) >= 11 is 0. The molecule has 4 saturated heterocycles. The van der Waals surface area contributed by atoms with Crippen molar-refractivity contribution < 1.29 is 27.4 Å². The topological polar surface area (TPSA) is 53.6 Å². The quantitative estimate of drug-likeness (QED) is 0.101. The van der Waals surface area contributed by atoms with Crippen molar-refractivity contribution in [3.05, 3.63) is 151 Å². The van der Waals surface area contributed by atoms with Gasteiger partial charge in [-0.25, -0.2) is 0 Å². The number of hydrogen-bond donors (Lipinski definition) is 0. The van der Waals surface area contributed by atoms with Crippen LogP contribution in [0.25, 0.3) is 0 Å². The molecule has 11 nitrogen and oxygen atoms in total. The summed E-state index contributed by atoms with van der Waals surface area (Å²) in [5.41, 5.74) is 3.91. The number of anilines is 4. The maximum atomic E-state index is 12.8. The van der Waals surface area contributed by atoms with Crippen molar-refractivity contribution >= 4 is 22.7 Å². The van der Waals surface area contributed by atoms with Crippen LogP contribution >= 0.6 is 0 Å². The zero-order valence-corrected chi connectivity index (χ0v) is 53.8. The van der Waals surface area contributed by atoms with Gasteiger partial charge in [0.1, 0.15) is 17.2 Å². The van der Waals surface area contributed by atoms with Crippen LogP contribution in [0, 0.1) is 47.3 Å². The molecule has 4 aliphatic heterocycles. The molecule has 10 aliphatic rings. The Bertz CT molecular complexity index is 2920. The van der Waals surface area contributed by atoms with E-state index in [-0.39, 0.29) is 0 Å². The number of nitrogens with zero attached hydrogens (tertiary/aromatic N) is 8. The van der Waals surface area contributed by atoms with E-state index in [0.29, 0.717) is 5.69 Å². The van der Waals surface area contributed by atoms with Gasteiger partial charge in [-0.1, -0.05) is 85.0 Å². The van der Waals surface area contributed by atoms with E-state index in [1.807, 2.05) is 12.1 Å². The van der Waals surface area contributed by atoms with E-state index in [4.69, 9.17) is 14.2 Å². The highest BCUT2D eigenvalue weighted by atomic mass is 19.4. The van der Waals surface area contributed by atoms with Crippen molar-refractivity contribution in [2.45, 2.75) is 77.3 Å². The number of para-hydroxylation sites is 4. The molecule has 4 aromatic carbocycles. The molecule has 0 spiro atoms. The van der Waals surface area contributed by atoms with E-state index >= 15 is 0 Å². The Morgan fingerprint density at radius 1 is 0.438 bits per heavy atom. The van der Waals surface area contributed by atoms with Gasteiger partial charge in [0.15, 0.2) is 0 Å². The summed E-state index contributed by atoms with van der Waals surface area (Å²) < 4.78 is 55.1. The van der Waals surface area contributed by atoms with Crippen LogP contribution in [0.1, 0.15) is 76.7 Å². The number of allylic oxidation sites excluding steroid dienone is 8. The highest BCUT2D eigenvalue weighted by molar-refractivity contribution is 5.60. The molecule has 0 radical (unpaired) electrons. The molecule has 4 aromatic rings. The van der Waals surface area contributed by atoms with E-state index < -0.39 is 11.7 Å². The van der Waals surface area contributed by atoms with Gasteiger partial charge in [0.25, 0.3) is 0 Å². The van der Waals surface area contributed by atoms with Gasteiger partial charge < -0.3 is 33.8 Å². The third-order valence-corrected chi connectivity index (χ3v) is 21.0. The Labute approximate surface area is 531 Å². The third kappa shape index (κ3) is 18.0. The number of benzene rings is 4. The van der Waals surface area contributed by atoms with Gasteiger partial charge in [0.2, 0.25) is 0 Å². The van der Waals surface area contributed by atoms with Crippen molar-refractivity contribution in [3.8, 4) is 17.2 Å². The minimum atomic E-state index is -4.27. The SMILES string of the molecule is CCOc1ccccc1N1CCN(CC2CC3C=CC2C3)CC1.COc1cccc(N2CCN(CC3CC4C=CC3C4)CC2)c1.COc1ccccc1N1CCN(CC2CC=CCC2)CC1.FC(F)(F)c1cccc(N2CCN(CC3CC=CCC3)CC2)c1. The van der Waals surface area contributed by atoms with Crippen LogP contribution < -0.4 is 33.8 Å². The molecule has 6 aliphatic carbocycles. The number of halogens is 3. The van der Waals surface area contributed by atoms with Crippen LogP contribution in [0.4, 0.5) is 35.9 Å². The van der Waals surface area contributed by atoms with Crippen molar-refractivity contribution in [3.63, 3.8) is 0 Å². The smallest absolute Gasteiger partial charge is 0.416 e. The Balaban J connectivity index is 0.000000122. The van der Waals surface area contributed by atoms with E-state index in [2.05, 4.69) is 155 Å². The number of hydrogen-bond acceptors (Lipinski definition) is 11. The van der Waals surface area contributed by atoms with Crippen molar-refractivity contribution in [1.29, 1.82) is 0 Å². The maximum absolute atomic E-state index is 12.8. The van der Waals surface area contributed by atoms with Crippen LogP contribution in [0.5, 0.6) is 17.2 Å². The van der Waals surface area contributed by atoms with Gasteiger partial charge in [0, 0.05) is 148 Å². The van der Waals surface area contributed by atoms with Gasteiger partial charge in [-0.2, -0.15) is 13.2 Å². The second kappa shape index (κ2) is 31.9. The predicted molar refractivity (Wildman–Crippen MR) is 360 cm³/mol. The second-order valence-corrected chi connectivity index (χ2v) is 26.9. The lowest BCUT2D eigenvalue weighted by Gasteiger charge is -2.38. The summed E-state index contributed by atoms with van der Waals surface area (Å²) in [4.78, 5) is 19.9. The maximum Gasteiger partial charge on any atom is 0.416 e. The van der Waals surface area contributed by atoms with Crippen molar-refractivity contribution in [1.82, 2.24) is 19.6 Å².